The molecule has 1 heterocycles. The molecule has 0 saturated carbocycles. The van der Waals surface area contributed by atoms with Crippen LogP contribution in [-0.2, 0) is 4.79 Å². The SMILES string of the molecule is Cc1ccc(OCCSC2=NC(=O)C3C=CC=CC3=N2)c(C(C)C)c1. The van der Waals surface area contributed by atoms with E-state index in [-0.39, 0.29) is 11.8 Å². The lowest BCUT2D eigenvalue weighted by molar-refractivity contribution is -0.118. The molecule has 4 nitrogen and oxygen atoms in total. The molecule has 1 amide bonds. The van der Waals surface area contributed by atoms with Crippen molar-refractivity contribution < 1.29 is 9.53 Å². The molecule has 25 heavy (non-hydrogen) atoms. The molecule has 0 radical (unpaired) electrons. The van der Waals surface area contributed by atoms with Crippen molar-refractivity contribution in [2.75, 3.05) is 12.4 Å². The molecule has 3 rings (SSSR count). The van der Waals surface area contributed by atoms with Gasteiger partial charge in [-0.3, -0.25) is 4.79 Å². The summed E-state index contributed by atoms with van der Waals surface area (Å²) in [6.07, 6.45) is 7.46. The molecule has 1 aromatic rings. The molecule has 0 spiro atoms. The first kappa shape index (κ1) is 17.7. The van der Waals surface area contributed by atoms with Gasteiger partial charge in [-0.15, -0.1) is 0 Å². The van der Waals surface area contributed by atoms with Crippen LogP contribution in [0.25, 0.3) is 0 Å². The molecule has 1 atom stereocenters. The maximum Gasteiger partial charge on any atom is 0.261 e. The quantitative estimate of drug-likeness (QED) is 0.740. The van der Waals surface area contributed by atoms with Gasteiger partial charge in [0.2, 0.25) is 0 Å². The smallest absolute Gasteiger partial charge is 0.261 e. The maximum atomic E-state index is 12.0. The van der Waals surface area contributed by atoms with Crippen molar-refractivity contribution in [3.05, 3.63) is 53.6 Å². The predicted octanol–water partition coefficient (Wildman–Crippen LogP) is 4.31. The average Bonchev–Trinajstić information content (AvgIpc) is 2.59. The third kappa shape index (κ3) is 4.28. The Morgan fingerprint density at radius 2 is 2.08 bits per heavy atom. The van der Waals surface area contributed by atoms with Crippen molar-refractivity contribution in [1.29, 1.82) is 0 Å². The van der Waals surface area contributed by atoms with Gasteiger partial charge in [-0.2, -0.15) is 4.99 Å². The molecule has 1 aliphatic carbocycles. The topological polar surface area (TPSA) is 51.0 Å². The molecular formula is C20H22N2O2S. The molecule has 5 heteroatoms. The number of aryl methyl sites for hydroxylation is 1. The Hall–Kier alpha value is -2.14. The van der Waals surface area contributed by atoms with Gasteiger partial charge in [0.25, 0.3) is 5.91 Å². The fourth-order valence-electron chi connectivity index (χ4n) is 2.75. The highest BCUT2D eigenvalue weighted by atomic mass is 32.2. The maximum absolute atomic E-state index is 12.0. The van der Waals surface area contributed by atoms with E-state index in [1.807, 2.05) is 30.4 Å². The number of nitrogens with zero attached hydrogens (tertiary/aromatic N) is 2. The number of hydrogen-bond acceptors (Lipinski definition) is 4. The first-order valence-electron chi connectivity index (χ1n) is 8.46. The fraction of sp³-hybridized carbons (Fsp3) is 0.350. The Balaban J connectivity index is 1.56. The number of benzene rings is 1. The number of amides is 1. The minimum Gasteiger partial charge on any atom is -0.492 e. The van der Waals surface area contributed by atoms with Crippen molar-refractivity contribution in [1.82, 2.24) is 0 Å². The molecule has 1 aromatic carbocycles. The molecule has 1 unspecified atom stereocenters. The zero-order valence-corrected chi connectivity index (χ0v) is 15.5. The Bertz CT molecular complexity index is 791. The number of fused-ring (bicyclic) bond motifs is 1. The van der Waals surface area contributed by atoms with Gasteiger partial charge in [0.1, 0.15) is 11.7 Å². The number of rotatable bonds is 5. The van der Waals surface area contributed by atoms with Crippen molar-refractivity contribution in [3.8, 4) is 5.75 Å². The second-order valence-electron chi connectivity index (χ2n) is 6.38. The first-order valence-corrected chi connectivity index (χ1v) is 9.45. The van der Waals surface area contributed by atoms with Gasteiger partial charge in [-0.05, 0) is 30.5 Å². The molecule has 1 aliphatic heterocycles. The molecule has 130 valence electrons. The predicted molar refractivity (Wildman–Crippen MR) is 105 cm³/mol. The number of carbonyl (C=O) groups excluding carboxylic acids is 1. The number of ether oxygens (including phenoxy) is 1. The molecule has 2 aliphatic rings. The second kappa shape index (κ2) is 7.83. The van der Waals surface area contributed by atoms with Gasteiger partial charge in [-0.25, -0.2) is 4.99 Å². The number of allylic oxidation sites excluding steroid dienone is 3. The van der Waals surface area contributed by atoms with Crippen molar-refractivity contribution in [3.63, 3.8) is 0 Å². The zero-order valence-electron chi connectivity index (χ0n) is 14.7. The minimum atomic E-state index is -0.313. The van der Waals surface area contributed by atoms with E-state index in [0.29, 0.717) is 23.4 Å². The Morgan fingerprint density at radius 1 is 1.24 bits per heavy atom. The summed E-state index contributed by atoms with van der Waals surface area (Å²) in [6, 6.07) is 6.26. The van der Waals surface area contributed by atoms with Crippen LogP contribution in [-0.4, -0.2) is 29.1 Å². The molecule has 0 N–H and O–H groups in total. The second-order valence-corrected chi connectivity index (χ2v) is 7.45. The van der Waals surface area contributed by atoms with E-state index < -0.39 is 0 Å². The van der Waals surface area contributed by atoms with Crippen LogP contribution < -0.4 is 4.74 Å². The van der Waals surface area contributed by atoms with Gasteiger partial charge in [0.05, 0.1) is 12.3 Å². The molecule has 0 bridgehead atoms. The van der Waals surface area contributed by atoms with E-state index in [1.165, 1.54) is 22.9 Å². The van der Waals surface area contributed by atoms with Gasteiger partial charge >= 0.3 is 0 Å². The lowest BCUT2D eigenvalue weighted by Crippen LogP contribution is -2.26. The normalized spacial score (nSPS) is 18.9. The van der Waals surface area contributed by atoms with Gasteiger partial charge in [0, 0.05) is 5.75 Å². The standard InChI is InChI=1S/C20H22N2O2S/c1-13(2)16-12-14(3)8-9-18(16)24-10-11-25-20-21-17-7-5-4-6-15(17)19(23)22-20/h4-9,12-13,15H,10-11H2,1-3H3. The first-order chi connectivity index (χ1) is 12.0. The number of thioether (sulfide) groups is 1. The van der Waals surface area contributed by atoms with Crippen LogP contribution >= 0.6 is 11.8 Å². The van der Waals surface area contributed by atoms with E-state index in [2.05, 4.69) is 42.9 Å². The molecule has 0 fully saturated rings. The Labute approximate surface area is 152 Å². The van der Waals surface area contributed by atoms with Crippen LogP contribution in [0.1, 0.15) is 30.9 Å². The van der Waals surface area contributed by atoms with E-state index in [0.717, 1.165) is 11.5 Å². The molecule has 0 saturated heterocycles. The summed E-state index contributed by atoms with van der Waals surface area (Å²) >= 11 is 1.45. The summed E-state index contributed by atoms with van der Waals surface area (Å²) in [5.74, 6) is 1.58. The van der Waals surface area contributed by atoms with Gasteiger partial charge in [-0.1, -0.05) is 61.5 Å². The number of carbonyl (C=O) groups is 1. The highest BCUT2D eigenvalue weighted by molar-refractivity contribution is 8.13. The third-order valence-corrected chi connectivity index (χ3v) is 4.87. The summed E-state index contributed by atoms with van der Waals surface area (Å²) < 4.78 is 5.94. The minimum absolute atomic E-state index is 0.144. The third-order valence-electron chi connectivity index (χ3n) is 4.06. The van der Waals surface area contributed by atoms with Crippen LogP contribution in [0.4, 0.5) is 0 Å². The van der Waals surface area contributed by atoms with E-state index in [1.54, 1.807) is 0 Å². The van der Waals surface area contributed by atoms with Gasteiger partial charge < -0.3 is 4.74 Å². The van der Waals surface area contributed by atoms with Gasteiger partial charge in [0.15, 0.2) is 5.17 Å². The number of aliphatic imine (C=N–C) groups is 2. The van der Waals surface area contributed by atoms with Crippen molar-refractivity contribution in [2.24, 2.45) is 15.9 Å². The lowest BCUT2D eigenvalue weighted by atomic mass is 9.97. The Morgan fingerprint density at radius 3 is 2.88 bits per heavy atom. The summed E-state index contributed by atoms with van der Waals surface area (Å²) in [7, 11) is 0. The Kier molecular flexibility index (Phi) is 5.53. The van der Waals surface area contributed by atoms with Crippen LogP contribution in [0.5, 0.6) is 5.75 Å². The zero-order chi connectivity index (χ0) is 17.8. The summed E-state index contributed by atoms with van der Waals surface area (Å²) in [5, 5.41) is 0.521. The lowest BCUT2D eigenvalue weighted by Gasteiger charge is -2.17. The summed E-state index contributed by atoms with van der Waals surface area (Å²) in [6.45, 7) is 6.96. The molecular weight excluding hydrogens is 332 g/mol. The highest BCUT2D eigenvalue weighted by Crippen LogP contribution is 2.28. The monoisotopic (exact) mass is 354 g/mol. The van der Waals surface area contributed by atoms with Crippen LogP contribution in [0, 0.1) is 12.8 Å². The summed E-state index contributed by atoms with van der Waals surface area (Å²) in [5.41, 5.74) is 3.23. The van der Waals surface area contributed by atoms with E-state index >= 15 is 0 Å². The van der Waals surface area contributed by atoms with Crippen molar-refractivity contribution >= 4 is 28.5 Å². The van der Waals surface area contributed by atoms with Crippen LogP contribution in [0.15, 0.2) is 52.5 Å². The number of hydrogen-bond donors (Lipinski definition) is 0. The fourth-order valence-corrected chi connectivity index (χ4v) is 3.42. The largest absolute Gasteiger partial charge is 0.492 e. The van der Waals surface area contributed by atoms with E-state index in [9.17, 15) is 4.79 Å². The van der Waals surface area contributed by atoms with Crippen LogP contribution in [0.2, 0.25) is 0 Å². The highest BCUT2D eigenvalue weighted by Gasteiger charge is 2.26. The average molecular weight is 354 g/mol. The summed E-state index contributed by atoms with van der Waals surface area (Å²) in [4.78, 5) is 20.6. The van der Waals surface area contributed by atoms with Crippen molar-refractivity contribution in [2.45, 2.75) is 26.7 Å². The van der Waals surface area contributed by atoms with E-state index in [4.69, 9.17) is 4.74 Å². The molecule has 0 aromatic heterocycles. The number of amidine groups is 1. The van der Waals surface area contributed by atoms with Crippen LogP contribution in [0.3, 0.4) is 0 Å².